The first-order valence-electron chi connectivity index (χ1n) is 12.1. The number of hydrogen-bond acceptors (Lipinski definition) is 10. The molecule has 1 aliphatic heterocycles. The van der Waals surface area contributed by atoms with Crippen LogP contribution < -0.4 is 14.4 Å². The van der Waals surface area contributed by atoms with E-state index in [1.807, 2.05) is 0 Å². The van der Waals surface area contributed by atoms with Crippen molar-refractivity contribution in [1.29, 1.82) is 5.26 Å². The average Bonchev–Trinajstić information content (AvgIpc) is 2.89. The van der Waals surface area contributed by atoms with Crippen LogP contribution in [-0.2, 0) is 0 Å². The number of phenolic OH excluding ortho intramolecular Hbond substituents is 1. The van der Waals surface area contributed by atoms with Gasteiger partial charge in [-0.3, -0.25) is 0 Å². The Kier molecular flexibility index (Phi) is 6.98. The highest BCUT2D eigenvalue weighted by molar-refractivity contribution is 6.04. The van der Waals surface area contributed by atoms with Crippen LogP contribution in [0.4, 0.5) is 19.0 Å². The molecule has 3 heterocycles. The molecule has 3 N–H and O–H groups in total. The van der Waals surface area contributed by atoms with Crippen LogP contribution >= 0.6 is 0 Å². The minimum Gasteiger partial charge on any atom is -0.508 e. The Morgan fingerprint density at radius 1 is 1.08 bits per heavy atom. The first kappa shape index (κ1) is 26.2. The van der Waals surface area contributed by atoms with Crippen molar-refractivity contribution >= 4 is 27.5 Å². The van der Waals surface area contributed by atoms with Crippen LogP contribution in [0.5, 0.6) is 17.6 Å². The standard InChI is InChI=1S/C26H22F3N5O5/c1-2-3-4-5-6-34-11-38-24-18-22(32-25(33-23(18)34)39-26(36)37)20(29)21(31-24)14-9-13(35)7-12-8-16(27)19(28)15(10-30)17(12)14/h7-9,26,35-37H,2-6,11H2,1H3. The lowest BCUT2D eigenvalue weighted by atomic mass is 9.95. The van der Waals surface area contributed by atoms with Gasteiger partial charge in [0.05, 0.1) is 5.56 Å². The Hall–Kier alpha value is -4.41. The van der Waals surface area contributed by atoms with Crippen molar-refractivity contribution in [2.75, 3.05) is 18.2 Å². The average molecular weight is 541 g/mol. The number of benzene rings is 2. The highest BCUT2D eigenvalue weighted by Gasteiger charge is 2.30. The second-order valence-corrected chi connectivity index (χ2v) is 8.93. The number of pyridine rings is 1. The lowest BCUT2D eigenvalue weighted by molar-refractivity contribution is -0.183. The normalized spacial score (nSPS) is 12.7. The molecule has 0 aliphatic carbocycles. The molecule has 0 unspecified atom stereocenters. The number of fused-ring (bicyclic) bond motifs is 1. The number of hydrogen-bond donors (Lipinski definition) is 3. The Bertz CT molecular complexity index is 1640. The summed E-state index contributed by atoms with van der Waals surface area (Å²) in [5.74, 6) is -4.15. The Morgan fingerprint density at radius 3 is 2.59 bits per heavy atom. The summed E-state index contributed by atoms with van der Waals surface area (Å²) >= 11 is 0. The summed E-state index contributed by atoms with van der Waals surface area (Å²) in [5, 5.41) is 38.3. The zero-order valence-corrected chi connectivity index (χ0v) is 20.6. The molecule has 202 valence electrons. The van der Waals surface area contributed by atoms with Crippen molar-refractivity contribution in [1.82, 2.24) is 15.0 Å². The molecule has 0 spiro atoms. The molecule has 0 amide bonds. The molecule has 0 atom stereocenters. The Balaban J connectivity index is 1.77. The summed E-state index contributed by atoms with van der Waals surface area (Å²) < 4.78 is 55.6. The molecule has 0 saturated heterocycles. The van der Waals surface area contributed by atoms with Crippen LogP contribution in [-0.4, -0.2) is 50.0 Å². The van der Waals surface area contributed by atoms with E-state index in [0.717, 1.165) is 43.9 Å². The number of ether oxygens (including phenoxy) is 2. The summed E-state index contributed by atoms with van der Waals surface area (Å²) in [6, 6.07) is 3.99. The summed E-state index contributed by atoms with van der Waals surface area (Å²) in [4.78, 5) is 14.2. The third-order valence-corrected chi connectivity index (χ3v) is 6.34. The quantitative estimate of drug-likeness (QED) is 0.219. The molecule has 0 bridgehead atoms. The number of anilines is 1. The number of aromatic nitrogens is 3. The highest BCUT2D eigenvalue weighted by atomic mass is 19.2. The number of halogens is 3. The summed E-state index contributed by atoms with van der Waals surface area (Å²) in [7, 11) is 0. The van der Waals surface area contributed by atoms with Gasteiger partial charge < -0.3 is 29.7 Å². The molecule has 39 heavy (non-hydrogen) atoms. The van der Waals surface area contributed by atoms with Crippen LogP contribution in [0.15, 0.2) is 18.2 Å². The fraction of sp³-hybridized carbons (Fsp3) is 0.308. The molecule has 2 aromatic carbocycles. The van der Waals surface area contributed by atoms with Gasteiger partial charge in [-0.15, -0.1) is 0 Å². The van der Waals surface area contributed by atoms with Gasteiger partial charge in [0.1, 0.15) is 28.4 Å². The summed E-state index contributed by atoms with van der Waals surface area (Å²) in [5.41, 5.74) is -1.76. The zero-order chi connectivity index (χ0) is 27.8. The van der Waals surface area contributed by atoms with E-state index in [9.17, 15) is 29.4 Å². The highest BCUT2D eigenvalue weighted by Crippen LogP contribution is 2.43. The van der Waals surface area contributed by atoms with E-state index in [-0.39, 0.29) is 45.7 Å². The third kappa shape index (κ3) is 4.68. The van der Waals surface area contributed by atoms with Gasteiger partial charge in [-0.05, 0) is 30.0 Å². The fourth-order valence-electron chi connectivity index (χ4n) is 4.62. The van der Waals surface area contributed by atoms with E-state index in [4.69, 9.17) is 9.47 Å². The van der Waals surface area contributed by atoms with Crippen molar-refractivity contribution in [3.63, 3.8) is 0 Å². The number of unbranched alkanes of at least 4 members (excludes halogenated alkanes) is 3. The number of nitriles is 1. The van der Waals surface area contributed by atoms with Gasteiger partial charge in [-0.1, -0.05) is 26.2 Å². The Morgan fingerprint density at radius 2 is 1.87 bits per heavy atom. The molecule has 0 radical (unpaired) electrons. The van der Waals surface area contributed by atoms with Crippen LogP contribution in [0, 0.1) is 28.8 Å². The van der Waals surface area contributed by atoms with Gasteiger partial charge in [0.15, 0.2) is 30.0 Å². The van der Waals surface area contributed by atoms with Crippen molar-refractivity contribution in [2.24, 2.45) is 0 Å². The smallest absolute Gasteiger partial charge is 0.323 e. The maximum Gasteiger partial charge on any atom is 0.323 e. The number of phenols is 1. The number of rotatable bonds is 8. The van der Waals surface area contributed by atoms with Crippen LogP contribution in [0.3, 0.4) is 0 Å². The number of nitrogens with zero attached hydrogens (tertiary/aromatic N) is 5. The van der Waals surface area contributed by atoms with Crippen molar-refractivity contribution in [3.05, 3.63) is 41.2 Å². The van der Waals surface area contributed by atoms with Gasteiger partial charge in [0.25, 0.3) is 0 Å². The van der Waals surface area contributed by atoms with Crippen molar-refractivity contribution in [2.45, 2.75) is 39.1 Å². The predicted octanol–water partition coefficient (Wildman–Crippen LogP) is 4.22. The predicted molar refractivity (Wildman–Crippen MR) is 132 cm³/mol. The first-order valence-corrected chi connectivity index (χ1v) is 12.1. The zero-order valence-electron chi connectivity index (χ0n) is 20.6. The molecule has 0 saturated carbocycles. The van der Waals surface area contributed by atoms with Gasteiger partial charge in [-0.25, -0.2) is 18.2 Å². The molecule has 13 heteroatoms. The van der Waals surface area contributed by atoms with E-state index < -0.39 is 46.9 Å². The van der Waals surface area contributed by atoms with Gasteiger partial charge in [0.2, 0.25) is 5.88 Å². The Labute approximate surface area is 219 Å². The SMILES string of the molecule is CCCCCCN1COc2nc(-c3cc(O)cc4cc(F)c(F)c(C#N)c34)c(F)c3nc(OC(O)O)nc1c23. The largest absolute Gasteiger partial charge is 0.508 e. The van der Waals surface area contributed by atoms with E-state index in [0.29, 0.717) is 6.54 Å². The topological polar surface area (TPSA) is 145 Å². The van der Waals surface area contributed by atoms with Crippen molar-refractivity contribution in [3.8, 4) is 35.0 Å². The molecule has 4 aromatic rings. The first-order chi connectivity index (χ1) is 18.7. The second-order valence-electron chi connectivity index (χ2n) is 8.93. The van der Waals surface area contributed by atoms with Gasteiger partial charge in [0, 0.05) is 17.5 Å². The maximum atomic E-state index is 16.2. The number of aliphatic hydroxyl groups excluding tert-OH is 1. The minimum atomic E-state index is -2.29. The van der Waals surface area contributed by atoms with E-state index in [1.165, 1.54) is 0 Å². The molecule has 10 nitrogen and oxygen atoms in total. The third-order valence-electron chi connectivity index (χ3n) is 6.34. The lowest BCUT2D eigenvalue weighted by Crippen LogP contribution is -2.33. The van der Waals surface area contributed by atoms with Crippen LogP contribution in [0.2, 0.25) is 0 Å². The van der Waals surface area contributed by atoms with Crippen molar-refractivity contribution < 1.29 is 38.0 Å². The summed E-state index contributed by atoms with van der Waals surface area (Å²) in [6.07, 6.45) is 3.75. The monoisotopic (exact) mass is 541 g/mol. The lowest BCUT2D eigenvalue weighted by Gasteiger charge is -2.30. The molecule has 2 aromatic heterocycles. The molecule has 0 fully saturated rings. The number of aromatic hydroxyl groups is 1. The minimum absolute atomic E-state index is 0.0332. The van der Waals surface area contributed by atoms with E-state index in [1.54, 1.807) is 11.0 Å². The van der Waals surface area contributed by atoms with Crippen LogP contribution in [0.1, 0.15) is 38.2 Å². The van der Waals surface area contributed by atoms with Crippen LogP contribution in [0.25, 0.3) is 32.9 Å². The molecule has 5 rings (SSSR count). The van der Waals surface area contributed by atoms with Gasteiger partial charge >= 0.3 is 12.5 Å². The van der Waals surface area contributed by atoms with E-state index >= 15 is 4.39 Å². The van der Waals surface area contributed by atoms with E-state index in [2.05, 4.69) is 21.9 Å². The molecular weight excluding hydrogens is 519 g/mol. The van der Waals surface area contributed by atoms with Gasteiger partial charge in [-0.2, -0.15) is 15.2 Å². The second kappa shape index (κ2) is 10.4. The summed E-state index contributed by atoms with van der Waals surface area (Å²) in [6.45, 7) is 0.241. The fourth-order valence-corrected chi connectivity index (χ4v) is 4.62. The molecular formula is C26H22F3N5O5. The maximum absolute atomic E-state index is 16.2. The molecule has 1 aliphatic rings. The number of aliphatic hydroxyl groups is 2.